The molecule has 4 nitrogen and oxygen atoms in total. The van der Waals surface area contributed by atoms with Crippen LogP contribution in [0.3, 0.4) is 0 Å². The molecule has 2 aliphatic heterocycles. The summed E-state index contributed by atoms with van der Waals surface area (Å²) in [5.74, 6) is 0. The standard InChI is InChI=1S/C11H21NO3/c1-13-6-7-14-5-4-12-10-8-9-2-3-11(10)15-9/h9-12H,2-8H2,1H3. The SMILES string of the molecule is COCCOCCNC1CC2CCC1O2. The van der Waals surface area contributed by atoms with Crippen molar-refractivity contribution in [3.05, 3.63) is 0 Å². The van der Waals surface area contributed by atoms with Crippen molar-refractivity contribution in [3.8, 4) is 0 Å². The van der Waals surface area contributed by atoms with Gasteiger partial charge in [0, 0.05) is 19.7 Å². The smallest absolute Gasteiger partial charge is 0.0733 e. The molecule has 88 valence electrons. The van der Waals surface area contributed by atoms with Gasteiger partial charge in [0.15, 0.2) is 0 Å². The van der Waals surface area contributed by atoms with Gasteiger partial charge in [-0.15, -0.1) is 0 Å². The molecule has 1 N–H and O–H groups in total. The van der Waals surface area contributed by atoms with E-state index in [-0.39, 0.29) is 0 Å². The summed E-state index contributed by atoms with van der Waals surface area (Å²) >= 11 is 0. The highest BCUT2D eigenvalue weighted by atomic mass is 16.5. The van der Waals surface area contributed by atoms with E-state index in [0.717, 1.165) is 13.2 Å². The zero-order chi connectivity index (χ0) is 10.5. The molecule has 0 aromatic rings. The van der Waals surface area contributed by atoms with Gasteiger partial charge in [-0.25, -0.2) is 0 Å². The quantitative estimate of drug-likeness (QED) is 0.630. The predicted octanol–water partition coefficient (Wildman–Crippen LogP) is 0.559. The van der Waals surface area contributed by atoms with Crippen molar-refractivity contribution < 1.29 is 14.2 Å². The van der Waals surface area contributed by atoms with Crippen LogP contribution in [0.5, 0.6) is 0 Å². The van der Waals surface area contributed by atoms with Crippen LogP contribution in [0, 0.1) is 0 Å². The van der Waals surface area contributed by atoms with Crippen LogP contribution in [-0.2, 0) is 14.2 Å². The van der Waals surface area contributed by atoms with Crippen molar-refractivity contribution in [1.29, 1.82) is 0 Å². The van der Waals surface area contributed by atoms with Crippen molar-refractivity contribution in [2.45, 2.75) is 37.5 Å². The normalized spacial score (nSPS) is 33.8. The second-order valence-corrected chi connectivity index (χ2v) is 4.28. The molecule has 0 aromatic carbocycles. The number of methoxy groups -OCH3 is 1. The molecule has 2 fully saturated rings. The van der Waals surface area contributed by atoms with Gasteiger partial charge in [0.1, 0.15) is 0 Å². The minimum Gasteiger partial charge on any atom is -0.382 e. The zero-order valence-corrected chi connectivity index (χ0v) is 9.41. The van der Waals surface area contributed by atoms with Crippen molar-refractivity contribution in [2.24, 2.45) is 0 Å². The molecule has 0 amide bonds. The molecule has 2 aliphatic rings. The van der Waals surface area contributed by atoms with Crippen molar-refractivity contribution in [2.75, 3.05) is 33.5 Å². The van der Waals surface area contributed by atoms with Gasteiger partial charge in [-0.1, -0.05) is 0 Å². The van der Waals surface area contributed by atoms with E-state index >= 15 is 0 Å². The Morgan fingerprint density at radius 1 is 1.27 bits per heavy atom. The summed E-state index contributed by atoms with van der Waals surface area (Å²) in [5, 5.41) is 3.50. The summed E-state index contributed by atoms with van der Waals surface area (Å²) in [5.41, 5.74) is 0. The largest absolute Gasteiger partial charge is 0.382 e. The Labute approximate surface area is 91.3 Å². The Bertz CT molecular complexity index is 189. The predicted molar refractivity (Wildman–Crippen MR) is 57.0 cm³/mol. The van der Waals surface area contributed by atoms with Gasteiger partial charge in [-0.2, -0.15) is 0 Å². The average molecular weight is 215 g/mol. The number of ether oxygens (including phenoxy) is 3. The summed E-state index contributed by atoms with van der Waals surface area (Å²) in [6, 6.07) is 0.565. The van der Waals surface area contributed by atoms with Crippen LogP contribution in [0.15, 0.2) is 0 Å². The van der Waals surface area contributed by atoms with E-state index in [4.69, 9.17) is 14.2 Å². The molecule has 2 heterocycles. The van der Waals surface area contributed by atoms with Crippen LogP contribution in [0.1, 0.15) is 19.3 Å². The van der Waals surface area contributed by atoms with Crippen molar-refractivity contribution in [3.63, 3.8) is 0 Å². The van der Waals surface area contributed by atoms with Crippen LogP contribution in [0.25, 0.3) is 0 Å². The van der Waals surface area contributed by atoms with E-state index in [1.165, 1.54) is 19.3 Å². The van der Waals surface area contributed by atoms with E-state index in [9.17, 15) is 0 Å². The fourth-order valence-electron chi connectivity index (χ4n) is 2.41. The average Bonchev–Trinajstić information content (AvgIpc) is 2.85. The highest BCUT2D eigenvalue weighted by molar-refractivity contribution is 4.93. The third-order valence-electron chi connectivity index (χ3n) is 3.19. The van der Waals surface area contributed by atoms with E-state index in [0.29, 0.717) is 31.5 Å². The van der Waals surface area contributed by atoms with Crippen molar-refractivity contribution in [1.82, 2.24) is 5.32 Å². The van der Waals surface area contributed by atoms with Gasteiger partial charge in [-0.3, -0.25) is 0 Å². The molecular weight excluding hydrogens is 194 g/mol. The van der Waals surface area contributed by atoms with Gasteiger partial charge in [-0.05, 0) is 19.3 Å². The Hall–Kier alpha value is -0.160. The highest BCUT2D eigenvalue weighted by Crippen LogP contribution is 2.34. The van der Waals surface area contributed by atoms with E-state index in [1.807, 2.05) is 0 Å². The number of hydrogen-bond acceptors (Lipinski definition) is 4. The molecule has 4 heteroatoms. The third-order valence-corrected chi connectivity index (χ3v) is 3.19. The summed E-state index contributed by atoms with van der Waals surface area (Å²) < 4.78 is 16.0. The molecule has 3 atom stereocenters. The molecule has 2 rings (SSSR count). The number of hydrogen-bond donors (Lipinski definition) is 1. The van der Waals surface area contributed by atoms with Crippen LogP contribution in [0.2, 0.25) is 0 Å². The summed E-state index contributed by atoms with van der Waals surface area (Å²) in [4.78, 5) is 0. The lowest BCUT2D eigenvalue weighted by Gasteiger charge is -2.19. The van der Waals surface area contributed by atoms with Gasteiger partial charge in [0.05, 0.1) is 32.0 Å². The second kappa shape index (κ2) is 5.80. The molecule has 0 aromatic heterocycles. The molecule has 2 bridgehead atoms. The van der Waals surface area contributed by atoms with Gasteiger partial charge in [0.2, 0.25) is 0 Å². The molecule has 0 radical (unpaired) electrons. The topological polar surface area (TPSA) is 39.7 Å². The zero-order valence-electron chi connectivity index (χ0n) is 9.41. The minimum absolute atomic E-state index is 0.467. The first-order chi connectivity index (χ1) is 7.40. The first kappa shape index (κ1) is 11.3. The Balaban J connectivity index is 1.48. The van der Waals surface area contributed by atoms with Gasteiger partial charge < -0.3 is 19.5 Å². The summed E-state index contributed by atoms with van der Waals surface area (Å²) in [7, 11) is 1.69. The second-order valence-electron chi connectivity index (χ2n) is 4.28. The lowest BCUT2D eigenvalue weighted by molar-refractivity contribution is 0.0681. The van der Waals surface area contributed by atoms with E-state index < -0.39 is 0 Å². The maximum Gasteiger partial charge on any atom is 0.0733 e. The number of fused-ring (bicyclic) bond motifs is 2. The molecule has 0 spiro atoms. The van der Waals surface area contributed by atoms with Crippen LogP contribution in [-0.4, -0.2) is 51.7 Å². The van der Waals surface area contributed by atoms with E-state index in [2.05, 4.69) is 5.32 Å². The lowest BCUT2D eigenvalue weighted by atomic mass is 9.96. The third kappa shape index (κ3) is 3.14. The van der Waals surface area contributed by atoms with Crippen LogP contribution >= 0.6 is 0 Å². The monoisotopic (exact) mass is 215 g/mol. The number of nitrogens with one attached hydrogen (secondary N) is 1. The Morgan fingerprint density at radius 2 is 2.20 bits per heavy atom. The molecule has 15 heavy (non-hydrogen) atoms. The molecular formula is C11H21NO3. The molecule has 0 saturated carbocycles. The molecule has 3 unspecified atom stereocenters. The summed E-state index contributed by atoms with van der Waals surface area (Å²) in [6.07, 6.45) is 4.67. The Kier molecular flexibility index (Phi) is 4.38. The highest BCUT2D eigenvalue weighted by Gasteiger charge is 2.40. The maximum atomic E-state index is 5.76. The Morgan fingerprint density at radius 3 is 2.87 bits per heavy atom. The van der Waals surface area contributed by atoms with E-state index in [1.54, 1.807) is 7.11 Å². The number of rotatable bonds is 7. The van der Waals surface area contributed by atoms with Gasteiger partial charge in [0.25, 0.3) is 0 Å². The first-order valence-corrected chi connectivity index (χ1v) is 5.85. The molecule has 0 aliphatic carbocycles. The minimum atomic E-state index is 0.467. The summed E-state index contributed by atoms with van der Waals surface area (Å²) in [6.45, 7) is 3.04. The fraction of sp³-hybridized carbons (Fsp3) is 1.00. The van der Waals surface area contributed by atoms with Crippen LogP contribution in [0.4, 0.5) is 0 Å². The molecule has 2 saturated heterocycles. The fourth-order valence-corrected chi connectivity index (χ4v) is 2.41. The lowest BCUT2D eigenvalue weighted by Crippen LogP contribution is -2.39. The maximum absolute atomic E-state index is 5.76. The first-order valence-electron chi connectivity index (χ1n) is 5.85. The van der Waals surface area contributed by atoms with Gasteiger partial charge >= 0.3 is 0 Å². The van der Waals surface area contributed by atoms with Crippen molar-refractivity contribution >= 4 is 0 Å². The van der Waals surface area contributed by atoms with Crippen LogP contribution < -0.4 is 5.32 Å².